The van der Waals surface area contributed by atoms with Crippen LogP contribution < -0.4 is 15.2 Å². The van der Waals surface area contributed by atoms with E-state index in [-0.39, 0.29) is 30.3 Å². The highest BCUT2D eigenvalue weighted by Crippen LogP contribution is 2.31. The Morgan fingerprint density at radius 2 is 1.32 bits per heavy atom. The molecule has 38 heavy (non-hydrogen) atoms. The first-order valence-corrected chi connectivity index (χ1v) is 12.5. The van der Waals surface area contributed by atoms with Crippen LogP contribution in [0.2, 0.25) is 0 Å². The van der Waals surface area contributed by atoms with Gasteiger partial charge in [-0.25, -0.2) is 9.59 Å². The third-order valence-electron chi connectivity index (χ3n) is 4.67. The molecule has 0 fully saturated rings. The Balaban J connectivity index is 3.00. The van der Waals surface area contributed by atoms with Gasteiger partial charge in [0, 0.05) is 6.42 Å². The maximum Gasteiger partial charge on any atom is 0.514 e. The van der Waals surface area contributed by atoms with Crippen LogP contribution >= 0.6 is 0 Å². The highest BCUT2D eigenvalue weighted by Gasteiger charge is 2.26. The summed E-state index contributed by atoms with van der Waals surface area (Å²) >= 11 is 0. The monoisotopic (exact) mass is 539 g/mol. The summed E-state index contributed by atoms with van der Waals surface area (Å²) in [5.41, 5.74) is 4.90. The van der Waals surface area contributed by atoms with Gasteiger partial charge in [0.05, 0.1) is 0 Å². The topological polar surface area (TPSA) is 150 Å². The summed E-state index contributed by atoms with van der Waals surface area (Å²) in [5, 5.41) is 0. The molecule has 0 radical (unpaired) electrons. The second kappa shape index (κ2) is 14.0. The average molecular weight is 540 g/mol. The SMILES string of the molecule is CCCC(=O)O[C@@H](C)[C@H](C)OC(=O)[C@@H](N)Cc1ccc(OC(=O)OC(C)(C)C)c(OC(=O)OC(C)(C)C)c1. The van der Waals surface area contributed by atoms with Crippen molar-refractivity contribution in [3.8, 4) is 11.5 Å². The molecule has 0 aliphatic rings. The molecular weight excluding hydrogens is 498 g/mol. The number of carbonyl (C=O) groups excluding carboxylic acids is 4. The van der Waals surface area contributed by atoms with Crippen molar-refractivity contribution in [2.45, 2.75) is 111 Å². The second-order valence-electron chi connectivity index (χ2n) is 10.8. The number of rotatable bonds is 10. The van der Waals surface area contributed by atoms with Crippen LogP contribution in [0.1, 0.15) is 80.7 Å². The van der Waals surface area contributed by atoms with Gasteiger partial charge in [-0.3, -0.25) is 9.59 Å². The van der Waals surface area contributed by atoms with E-state index in [1.54, 1.807) is 61.5 Å². The predicted molar refractivity (Wildman–Crippen MR) is 138 cm³/mol. The minimum atomic E-state index is -1.08. The molecule has 11 heteroatoms. The third kappa shape index (κ3) is 12.8. The summed E-state index contributed by atoms with van der Waals surface area (Å²) in [6, 6.07) is 3.25. The van der Waals surface area contributed by atoms with Crippen molar-refractivity contribution < 1.29 is 47.6 Å². The van der Waals surface area contributed by atoms with Gasteiger partial charge in [0.25, 0.3) is 0 Å². The first kappa shape index (κ1) is 32.7. The predicted octanol–water partition coefficient (Wildman–Crippen LogP) is 4.85. The fourth-order valence-electron chi connectivity index (χ4n) is 2.83. The Morgan fingerprint density at radius 1 is 0.816 bits per heavy atom. The largest absolute Gasteiger partial charge is 0.514 e. The van der Waals surface area contributed by atoms with E-state index in [1.165, 1.54) is 12.1 Å². The molecule has 2 N–H and O–H groups in total. The van der Waals surface area contributed by atoms with Crippen LogP contribution in [0.5, 0.6) is 11.5 Å². The zero-order valence-corrected chi connectivity index (χ0v) is 23.7. The van der Waals surface area contributed by atoms with Gasteiger partial charge in [0.1, 0.15) is 29.5 Å². The van der Waals surface area contributed by atoms with Crippen LogP contribution in [0.25, 0.3) is 0 Å². The standard InChI is InChI=1S/C27H41NO10/c1-10-11-22(29)33-16(2)17(3)34-23(30)19(28)14-18-12-13-20(35-24(31)37-26(4,5)6)21(15-18)36-25(32)38-27(7,8)9/h12-13,15-17,19H,10-11,14,28H2,1-9H3/t16-,17-,19-/m0/s1. The maximum absolute atomic E-state index is 12.6. The van der Waals surface area contributed by atoms with Crippen LogP contribution in [-0.4, -0.2) is 53.7 Å². The van der Waals surface area contributed by atoms with Gasteiger partial charge in [-0.15, -0.1) is 0 Å². The van der Waals surface area contributed by atoms with Gasteiger partial charge in [0.2, 0.25) is 0 Å². The molecule has 1 aromatic carbocycles. The molecule has 0 spiro atoms. The molecular formula is C27H41NO10. The third-order valence-corrected chi connectivity index (χ3v) is 4.67. The van der Waals surface area contributed by atoms with Crippen LogP contribution in [0.15, 0.2) is 18.2 Å². The molecule has 11 nitrogen and oxygen atoms in total. The van der Waals surface area contributed by atoms with E-state index in [0.717, 1.165) is 0 Å². The van der Waals surface area contributed by atoms with Crippen molar-refractivity contribution >= 4 is 24.2 Å². The first-order valence-electron chi connectivity index (χ1n) is 12.5. The Labute approximate surface area is 224 Å². The zero-order valence-electron chi connectivity index (χ0n) is 23.7. The molecule has 214 valence electrons. The van der Waals surface area contributed by atoms with E-state index in [4.69, 9.17) is 34.2 Å². The van der Waals surface area contributed by atoms with Crippen molar-refractivity contribution in [2.75, 3.05) is 0 Å². The smallest absolute Gasteiger partial charge is 0.459 e. The number of hydrogen-bond donors (Lipinski definition) is 1. The van der Waals surface area contributed by atoms with Gasteiger partial charge in [0.15, 0.2) is 11.5 Å². The second-order valence-corrected chi connectivity index (χ2v) is 10.8. The number of hydrogen-bond acceptors (Lipinski definition) is 11. The highest BCUT2D eigenvalue weighted by atomic mass is 16.8. The molecule has 0 heterocycles. The molecule has 1 rings (SSSR count). The summed E-state index contributed by atoms with van der Waals surface area (Å²) in [4.78, 5) is 48.7. The van der Waals surface area contributed by atoms with Gasteiger partial charge < -0.3 is 34.2 Å². The lowest BCUT2D eigenvalue weighted by Gasteiger charge is -2.23. The maximum atomic E-state index is 12.6. The Kier molecular flexibility index (Phi) is 12.0. The van der Waals surface area contributed by atoms with Crippen LogP contribution in [0.4, 0.5) is 9.59 Å². The molecule has 3 atom stereocenters. The van der Waals surface area contributed by atoms with E-state index in [9.17, 15) is 19.2 Å². The minimum absolute atomic E-state index is 0.00690. The number of carbonyl (C=O) groups is 4. The van der Waals surface area contributed by atoms with Crippen molar-refractivity contribution in [3.63, 3.8) is 0 Å². The van der Waals surface area contributed by atoms with Crippen molar-refractivity contribution in [1.29, 1.82) is 0 Å². The lowest BCUT2D eigenvalue weighted by atomic mass is 10.1. The number of nitrogens with two attached hydrogens (primary N) is 1. The summed E-state index contributed by atoms with van der Waals surface area (Å²) in [5.74, 6) is -1.31. The zero-order chi connectivity index (χ0) is 29.3. The van der Waals surface area contributed by atoms with E-state index in [0.29, 0.717) is 12.0 Å². The van der Waals surface area contributed by atoms with Crippen LogP contribution in [0, 0.1) is 0 Å². The van der Waals surface area contributed by atoms with E-state index < -0.39 is 47.7 Å². The summed E-state index contributed by atoms with van der Waals surface area (Å²) < 4.78 is 31.5. The number of ether oxygens (including phenoxy) is 6. The van der Waals surface area contributed by atoms with Gasteiger partial charge >= 0.3 is 24.2 Å². The van der Waals surface area contributed by atoms with Crippen LogP contribution in [0.3, 0.4) is 0 Å². The summed E-state index contributed by atoms with van der Waals surface area (Å²) in [6.45, 7) is 15.1. The quantitative estimate of drug-likeness (QED) is 0.247. The molecule has 1 aromatic rings. The average Bonchev–Trinajstić information content (AvgIpc) is 2.72. The molecule has 0 aromatic heterocycles. The van der Waals surface area contributed by atoms with Gasteiger partial charge in [-0.05, 0) is 85.9 Å². The molecule has 0 aliphatic heterocycles. The fraction of sp³-hybridized carbons (Fsp3) is 0.630. The summed E-state index contributed by atoms with van der Waals surface area (Å²) in [7, 11) is 0. The van der Waals surface area contributed by atoms with E-state index >= 15 is 0 Å². The molecule has 0 saturated heterocycles. The van der Waals surface area contributed by atoms with Crippen LogP contribution in [-0.2, 0) is 35.0 Å². The number of esters is 2. The molecule has 0 bridgehead atoms. The molecule has 0 amide bonds. The molecule has 0 saturated carbocycles. The molecule has 0 unspecified atom stereocenters. The fourth-order valence-corrected chi connectivity index (χ4v) is 2.83. The van der Waals surface area contributed by atoms with Crippen molar-refractivity contribution in [2.24, 2.45) is 5.73 Å². The van der Waals surface area contributed by atoms with Gasteiger partial charge in [-0.1, -0.05) is 13.0 Å². The van der Waals surface area contributed by atoms with Crippen molar-refractivity contribution in [3.05, 3.63) is 23.8 Å². The Bertz CT molecular complexity index is 977. The summed E-state index contributed by atoms with van der Waals surface area (Å²) in [6.07, 6.45) is -2.46. The molecule has 0 aliphatic carbocycles. The van der Waals surface area contributed by atoms with Crippen molar-refractivity contribution in [1.82, 2.24) is 0 Å². The van der Waals surface area contributed by atoms with E-state index in [1.807, 2.05) is 6.92 Å². The minimum Gasteiger partial charge on any atom is -0.459 e. The lowest BCUT2D eigenvalue weighted by molar-refractivity contribution is -0.166. The Hall–Kier alpha value is -3.34. The normalized spacial score (nSPS) is 13.9. The highest BCUT2D eigenvalue weighted by molar-refractivity contribution is 5.76. The number of benzene rings is 1. The van der Waals surface area contributed by atoms with E-state index in [2.05, 4.69) is 0 Å². The Morgan fingerprint density at radius 3 is 1.82 bits per heavy atom. The first-order chi connectivity index (χ1) is 17.4. The lowest BCUT2D eigenvalue weighted by Crippen LogP contribution is -2.39. The van der Waals surface area contributed by atoms with Gasteiger partial charge in [-0.2, -0.15) is 0 Å².